The smallest absolute Gasteiger partial charge is 0.263 e. The Morgan fingerprint density at radius 1 is 1.20 bits per heavy atom. The molecular weight excluding hydrogens is 262 g/mol. The maximum absolute atomic E-state index is 12.6. The molecule has 0 aliphatic carbocycles. The number of hydrogen-bond acceptors (Lipinski definition) is 2. The number of halogens is 2. The summed E-state index contributed by atoms with van der Waals surface area (Å²) in [5, 5.41) is 14.5. The van der Waals surface area contributed by atoms with Crippen molar-refractivity contribution in [1.82, 2.24) is 9.78 Å². The summed E-state index contributed by atoms with van der Waals surface area (Å²) in [6.45, 7) is 4.03. The molecule has 0 saturated heterocycles. The first-order chi connectivity index (χ1) is 9.47. The Labute approximate surface area is 116 Å². The minimum absolute atomic E-state index is 0.0748. The molecule has 0 amide bonds. The SMILES string of the molecule is CC(C)n1ccc(CC(O)c2cccc(C(F)F)c2)n1. The van der Waals surface area contributed by atoms with Gasteiger partial charge in [0, 0.05) is 24.2 Å². The van der Waals surface area contributed by atoms with Gasteiger partial charge in [-0.05, 0) is 31.5 Å². The van der Waals surface area contributed by atoms with Crippen molar-refractivity contribution >= 4 is 0 Å². The molecule has 0 radical (unpaired) electrons. The lowest BCUT2D eigenvalue weighted by Gasteiger charge is -2.11. The van der Waals surface area contributed by atoms with Crippen molar-refractivity contribution in [3.8, 4) is 0 Å². The minimum Gasteiger partial charge on any atom is -0.388 e. The van der Waals surface area contributed by atoms with Crippen LogP contribution < -0.4 is 0 Å². The van der Waals surface area contributed by atoms with Crippen LogP contribution in [0.25, 0.3) is 0 Å². The first kappa shape index (κ1) is 14.7. The molecule has 5 heteroatoms. The van der Waals surface area contributed by atoms with E-state index in [4.69, 9.17) is 0 Å². The van der Waals surface area contributed by atoms with Crippen molar-refractivity contribution in [2.24, 2.45) is 0 Å². The van der Waals surface area contributed by atoms with E-state index in [2.05, 4.69) is 5.10 Å². The Hall–Kier alpha value is -1.75. The monoisotopic (exact) mass is 280 g/mol. The Bertz CT molecular complexity index is 567. The lowest BCUT2D eigenvalue weighted by atomic mass is 10.0. The van der Waals surface area contributed by atoms with E-state index in [1.165, 1.54) is 18.2 Å². The number of benzene rings is 1. The average molecular weight is 280 g/mol. The Morgan fingerprint density at radius 2 is 1.90 bits per heavy atom. The predicted molar refractivity (Wildman–Crippen MR) is 72.7 cm³/mol. The fraction of sp³-hybridized carbons (Fsp3) is 0.400. The van der Waals surface area contributed by atoms with Gasteiger partial charge in [-0.15, -0.1) is 0 Å². The van der Waals surface area contributed by atoms with Crippen LogP contribution >= 0.6 is 0 Å². The number of aliphatic hydroxyl groups is 1. The summed E-state index contributed by atoms with van der Waals surface area (Å²) in [7, 11) is 0. The maximum Gasteiger partial charge on any atom is 0.263 e. The van der Waals surface area contributed by atoms with Crippen LogP contribution in [0.2, 0.25) is 0 Å². The number of aliphatic hydroxyl groups excluding tert-OH is 1. The Morgan fingerprint density at radius 3 is 2.50 bits per heavy atom. The molecule has 3 nitrogen and oxygen atoms in total. The van der Waals surface area contributed by atoms with Crippen LogP contribution in [0.4, 0.5) is 8.78 Å². The van der Waals surface area contributed by atoms with Gasteiger partial charge in [0.15, 0.2) is 0 Å². The van der Waals surface area contributed by atoms with Crippen LogP contribution in [-0.2, 0) is 6.42 Å². The van der Waals surface area contributed by atoms with Crippen molar-refractivity contribution in [3.05, 3.63) is 53.3 Å². The quantitative estimate of drug-likeness (QED) is 0.907. The third-order valence-electron chi connectivity index (χ3n) is 3.14. The minimum atomic E-state index is -2.53. The van der Waals surface area contributed by atoms with Crippen LogP contribution in [0.5, 0.6) is 0 Å². The Balaban J connectivity index is 2.10. The van der Waals surface area contributed by atoms with Gasteiger partial charge in [-0.1, -0.05) is 18.2 Å². The van der Waals surface area contributed by atoms with Crippen molar-refractivity contribution in [1.29, 1.82) is 0 Å². The van der Waals surface area contributed by atoms with E-state index in [0.717, 1.165) is 5.69 Å². The van der Waals surface area contributed by atoms with Crippen LogP contribution in [0.1, 0.15) is 49.2 Å². The largest absolute Gasteiger partial charge is 0.388 e. The molecule has 0 aliphatic rings. The summed E-state index contributed by atoms with van der Waals surface area (Å²) >= 11 is 0. The molecule has 0 spiro atoms. The second-order valence-electron chi connectivity index (χ2n) is 5.07. The van der Waals surface area contributed by atoms with Crippen LogP contribution in [0.15, 0.2) is 36.5 Å². The normalized spacial score (nSPS) is 13.2. The summed E-state index contributed by atoms with van der Waals surface area (Å²) in [6, 6.07) is 7.97. The maximum atomic E-state index is 12.6. The lowest BCUT2D eigenvalue weighted by molar-refractivity contribution is 0.149. The highest BCUT2D eigenvalue weighted by Crippen LogP contribution is 2.24. The molecule has 2 rings (SSSR count). The summed E-state index contributed by atoms with van der Waals surface area (Å²) in [6.07, 6.45) is -1.19. The number of hydrogen-bond donors (Lipinski definition) is 1. The van der Waals surface area contributed by atoms with Crippen molar-refractivity contribution < 1.29 is 13.9 Å². The number of aromatic nitrogens is 2. The molecule has 0 fully saturated rings. The molecule has 1 atom stereocenters. The molecule has 2 aromatic rings. The van der Waals surface area contributed by atoms with Gasteiger partial charge in [-0.3, -0.25) is 4.68 Å². The number of nitrogens with zero attached hydrogens (tertiary/aromatic N) is 2. The molecule has 0 bridgehead atoms. The number of rotatable bonds is 5. The van der Waals surface area contributed by atoms with E-state index >= 15 is 0 Å². The van der Waals surface area contributed by atoms with Gasteiger partial charge in [0.05, 0.1) is 11.8 Å². The average Bonchev–Trinajstić information content (AvgIpc) is 2.87. The molecule has 108 valence electrons. The fourth-order valence-corrected chi connectivity index (χ4v) is 1.99. The molecule has 20 heavy (non-hydrogen) atoms. The van der Waals surface area contributed by atoms with Gasteiger partial charge in [-0.25, -0.2) is 8.78 Å². The summed E-state index contributed by atoms with van der Waals surface area (Å²) in [4.78, 5) is 0. The van der Waals surface area contributed by atoms with E-state index in [1.807, 2.05) is 26.1 Å². The molecule has 1 aromatic heterocycles. The van der Waals surface area contributed by atoms with Crippen molar-refractivity contribution in [2.75, 3.05) is 0 Å². The van der Waals surface area contributed by atoms with E-state index in [0.29, 0.717) is 12.0 Å². The van der Waals surface area contributed by atoms with Gasteiger partial charge >= 0.3 is 0 Å². The second-order valence-corrected chi connectivity index (χ2v) is 5.07. The van der Waals surface area contributed by atoms with Crippen LogP contribution in [-0.4, -0.2) is 14.9 Å². The molecule has 0 saturated carbocycles. The van der Waals surface area contributed by atoms with Crippen LogP contribution in [0.3, 0.4) is 0 Å². The standard InChI is InChI=1S/C15H18F2N2O/c1-10(2)19-7-6-13(18-19)9-14(20)11-4-3-5-12(8-11)15(16)17/h3-8,10,14-15,20H,9H2,1-2H3. The lowest BCUT2D eigenvalue weighted by Crippen LogP contribution is -2.06. The van der Waals surface area contributed by atoms with Crippen molar-refractivity contribution in [2.45, 2.75) is 38.8 Å². The van der Waals surface area contributed by atoms with E-state index in [1.54, 1.807) is 10.7 Å². The molecule has 1 aromatic carbocycles. The molecule has 0 aliphatic heterocycles. The zero-order valence-electron chi connectivity index (χ0n) is 11.5. The molecule has 1 unspecified atom stereocenters. The molecular formula is C15H18F2N2O. The molecule has 1 heterocycles. The van der Waals surface area contributed by atoms with Crippen molar-refractivity contribution in [3.63, 3.8) is 0 Å². The highest BCUT2D eigenvalue weighted by Gasteiger charge is 2.14. The first-order valence-corrected chi connectivity index (χ1v) is 6.57. The topological polar surface area (TPSA) is 38.0 Å². The van der Waals surface area contributed by atoms with Crippen LogP contribution in [0, 0.1) is 0 Å². The third-order valence-corrected chi connectivity index (χ3v) is 3.14. The highest BCUT2D eigenvalue weighted by molar-refractivity contribution is 5.26. The van der Waals surface area contributed by atoms with Gasteiger partial charge in [0.2, 0.25) is 0 Å². The van der Waals surface area contributed by atoms with E-state index in [-0.39, 0.29) is 11.6 Å². The Kier molecular flexibility index (Phi) is 4.49. The van der Waals surface area contributed by atoms with Gasteiger partial charge in [0.25, 0.3) is 6.43 Å². The predicted octanol–water partition coefficient (Wildman–Crippen LogP) is 3.68. The number of alkyl halides is 2. The van der Waals surface area contributed by atoms with Gasteiger partial charge in [-0.2, -0.15) is 5.10 Å². The summed E-state index contributed by atoms with van der Waals surface area (Å²) in [5.74, 6) is 0. The van der Waals surface area contributed by atoms with E-state index < -0.39 is 12.5 Å². The zero-order chi connectivity index (χ0) is 14.7. The second kappa shape index (κ2) is 6.13. The van der Waals surface area contributed by atoms with E-state index in [9.17, 15) is 13.9 Å². The third kappa shape index (κ3) is 3.42. The van der Waals surface area contributed by atoms with Gasteiger partial charge < -0.3 is 5.11 Å². The summed E-state index contributed by atoms with van der Waals surface area (Å²) in [5.41, 5.74) is 1.16. The fourth-order valence-electron chi connectivity index (χ4n) is 1.99. The zero-order valence-corrected chi connectivity index (χ0v) is 11.5. The molecule has 1 N–H and O–H groups in total. The van der Waals surface area contributed by atoms with Gasteiger partial charge in [0.1, 0.15) is 0 Å². The summed E-state index contributed by atoms with van der Waals surface area (Å²) < 4.78 is 27.1. The highest BCUT2D eigenvalue weighted by atomic mass is 19.3. The first-order valence-electron chi connectivity index (χ1n) is 6.57.